The van der Waals surface area contributed by atoms with Gasteiger partial charge in [0.1, 0.15) is 0 Å². The van der Waals surface area contributed by atoms with Crippen LogP contribution >= 0.6 is 0 Å². The molecule has 0 saturated heterocycles. The lowest BCUT2D eigenvalue weighted by molar-refractivity contribution is -0.136. The van der Waals surface area contributed by atoms with Gasteiger partial charge in [0.05, 0.1) is 18.7 Å². The van der Waals surface area contributed by atoms with E-state index in [9.17, 15) is 4.79 Å². The van der Waals surface area contributed by atoms with Gasteiger partial charge in [-0.3, -0.25) is 4.79 Å². The van der Waals surface area contributed by atoms with Crippen molar-refractivity contribution < 1.29 is 14.6 Å². The molecule has 0 amide bonds. The molecule has 1 aromatic rings. The maximum atomic E-state index is 10.3. The zero-order valence-corrected chi connectivity index (χ0v) is 7.23. The number of carbonyl (C=O) groups is 1. The summed E-state index contributed by atoms with van der Waals surface area (Å²) in [5.41, 5.74) is 0.450. The van der Waals surface area contributed by atoms with Gasteiger partial charge in [0.15, 0.2) is 0 Å². The van der Waals surface area contributed by atoms with Crippen molar-refractivity contribution in [1.29, 1.82) is 0 Å². The molecule has 1 N–H and O–H groups in total. The Balaban J connectivity index is 2.73. The summed E-state index contributed by atoms with van der Waals surface area (Å²) in [7, 11) is 0. The fraction of sp³-hybridized carbons (Fsp3) is 0.375. The fourth-order valence-corrected chi connectivity index (χ4v) is 0.828. The van der Waals surface area contributed by atoms with Crippen LogP contribution in [0.25, 0.3) is 0 Å². The summed E-state index contributed by atoms with van der Waals surface area (Å²) in [5.74, 6) is -0.916. The van der Waals surface area contributed by atoms with Gasteiger partial charge in [0.25, 0.3) is 0 Å². The van der Waals surface area contributed by atoms with Crippen molar-refractivity contribution in [2.24, 2.45) is 0 Å². The van der Waals surface area contributed by atoms with E-state index in [-0.39, 0.29) is 12.4 Å². The predicted molar refractivity (Wildman–Crippen MR) is 44.5 cm³/mol. The summed E-state index contributed by atoms with van der Waals surface area (Å²) in [6, 6.07) is 1.78. The van der Waals surface area contributed by atoms with E-state index in [0.717, 1.165) is 0 Å². The predicted octanol–water partition coefficient (Wildman–Crippen LogP) is 0.502. The Morgan fingerprint density at radius 2 is 2.46 bits per heavy atom. The Morgan fingerprint density at radius 1 is 1.69 bits per heavy atom. The first-order valence-electron chi connectivity index (χ1n) is 3.89. The Morgan fingerprint density at radius 3 is 3.08 bits per heavy atom. The number of nitrogens with zero attached hydrogens (tertiary/aromatic N) is 2. The van der Waals surface area contributed by atoms with Crippen molar-refractivity contribution in [3.8, 4) is 6.01 Å². The molecule has 70 valence electrons. The Labute approximate surface area is 75.4 Å². The highest BCUT2D eigenvalue weighted by Crippen LogP contribution is 2.03. The van der Waals surface area contributed by atoms with Gasteiger partial charge >= 0.3 is 12.0 Å². The molecule has 0 fully saturated rings. The van der Waals surface area contributed by atoms with Crippen molar-refractivity contribution >= 4 is 5.97 Å². The Hall–Kier alpha value is -1.65. The summed E-state index contributed by atoms with van der Waals surface area (Å²) in [6.45, 7) is 2.28. The smallest absolute Gasteiger partial charge is 0.316 e. The third-order valence-electron chi connectivity index (χ3n) is 1.30. The van der Waals surface area contributed by atoms with Crippen LogP contribution in [0.5, 0.6) is 6.01 Å². The van der Waals surface area contributed by atoms with Gasteiger partial charge in [-0.1, -0.05) is 0 Å². The van der Waals surface area contributed by atoms with Crippen LogP contribution in [0.4, 0.5) is 0 Å². The number of carboxylic acid groups (broad SMARTS) is 1. The van der Waals surface area contributed by atoms with E-state index in [4.69, 9.17) is 9.84 Å². The molecule has 0 saturated carbocycles. The first kappa shape index (κ1) is 9.44. The van der Waals surface area contributed by atoms with Gasteiger partial charge in [0, 0.05) is 6.20 Å². The third kappa shape index (κ3) is 3.06. The molecule has 5 nitrogen and oxygen atoms in total. The van der Waals surface area contributed by atoms with Crippen molar-refractivity contribution in [3.63, 3.8) is 0 Å². The average molecular weight is 182 g/mol. The minimum Gasteiger partial charge on any atom is -0.481 e. The zero-order valence-electron chi connectivity index (χ0n) is 7.23. The molecule has 1 heterocycles. The van der Waals surface area contributed by atoms with Crippen molar-refractivity contribution in [1.82, 2.24) is 9.97 Å². The summed E-state index contributed by atoms with van der Waals surface area (Å²) >= 11 is 0. The second-order valence-corrected chi connectivity index (χ2v) is 2.33. The zero-order chi connectivity index (χ0) is 9.68. The largest absolute Gasteiger partial charge is 0.481 e. The van der Waals surface area contributed by atoms with Gasteiger partial charge < -0.3 is 9.84 Å². The topological polar surface area (TPSA) is 72.3 Å². The van der Waals surface area contributed by atoms with Crippen molar-refractivity contribution in [2.75, 3.05) is 6.61 Å². The first-order chi connectivity index (χ1) is 6.22. The first-order valence-corrected chi connectivity index (χ1v) is 3.89. The van der Waals surface area contributed by atoms with Crippen molar-refractivity contribution in [3.05, 3.63) is 18.0 Å². The number of ether oxygens (including phenoxy) is 1. The number of aromatic nitrogens is 2. The molecular formula is C8H10N2O3. The number of hydrogen-bond donors (Lipinski definition) is 1. The minimum atomic E-state index is -0.916. The van der Waals surface area contributed by atoms with Crippen LogP contribution in [0.3, 0.4) is 0 Å². The number of aliphatic carboxylic acids is 1. The summed E-state index contributed by atoms with van der Waals surface area (Å²) < 4.78 is 5.01. The molecule has 0 spiro atoms. The molecule has 5 heteroatoms. The van der Waals surface area contributed by atoms with Crippen LogP contribution in [0.1, 0.15) is 12.6 Å². The molecule has 0 aliphatic heterocycles. The van der Waals surface area contributed by atoms with E-state index in [1.165, 1.54) is 6.20 Å². The summed E-state index contributed by atoms with van der Waals surface area (Å²) in [6.07, 6.45) is 1.37. The molecule has 0 bridgehead atoms. The van der Waals surface area contributed by atoms with Crippen LogP contribution in [0.2, 0.25) is 0 Å². The van der Waals surface area contributed by atoms with Crippen LogP contribution < -0.4 is 4.74 Å². The van der Waals surface area contributed by atoms with Crippen LogP contribution in [-0.2, 0) is 11.2 Å². The van der Waals surface area contributed by atoms with E-state index in [1.54, 1.807) is 6.07 Å². The number of rotatable bonds is 4. The third-order valence-corrected chi connectivity index (χ3v) is 1.30. The van der Waals surface area contributed by atoms with Crippen LogP contribution in [-0.4, -0.2) is 27.7 Å². The molecule has 0 radical (unpaired) electrons. The Kier molecular flexibility index (Phi) is 3.19. The maximum Gasteiger partial charge on any atom is 0.316 e. The van der Waals surface area contributed by atoms with Gasteiger partial charge in [-0.15, -0.1) is 0 Å². The normalized spacial score (nSPS) is 9.62. The second-order valence-electron chi connectivity index (χ2n) is 2.33. The summed E-state index contributed by atoms with van der Waals surface area (Å²) in [5, 5.41) is 8.49. The lowest BCUT2D eigenvalue weighted by atomic mass is 10.3. The van der Waals surface area contributed by atoms with E-state index < -0.39 is 5.97 Å². The molecule has 1 aromatic heterocycles. The SMILES string of the molecule is CCOc1nccc(CC(=O)O)n1. The fourth-order valence-electron chi connectivity index (χ4n) is 0.828. The molecule has 13 heavy (non-hydrogen) atoms. The standard InChI is InChI=1S/C8H10N2O3/c1-2-13-8-9-4-3-6(10-8)5-7(11)12/h3-4H,2,5H2,1H3,(H,11,12). The van der Waals surface area contributed by atoms with Gasteiger partial charge in [-0.25, -0.2) is 4.98 Å². The minimum absolute atomic E-state index is 0.109. The highest BCUT2D eigenvalue weighted by Gasteiger charge is 2.03. The van der Waals surface area contributed by atoms with Gasteiger partial charge in [0.2, 0.25) is 0 Å². The van der Waals surface area contributed by atoms with Crippen LogP contribution in [0.15, 0.2) is 12.3 Å². The quantitative estimate of drug-likeness (QED) is 0.734. The molecule has 0 aliphatic carbocycles. The molecule has 0 aromatic carbocycles. The lowest BCUT2D eigenvalue weighted by Gasteiger charge is -2.01. The van der Waals surface area contributed by atoms with Gasteiger partial charge in [-0.05, 0) is 13.0 Å². The lowest BCUT2D eigenvalue weighted by Crippen LogP contribution is -2.05. The number of hydrogen-bond acceptors (Lipinski definition) is 4. The Bertz CT molecular complexity index is 301. The highest BCUT2D eigenvalue weighted by atomic mass is 16.5. The summed E-state index contributed by atoms with van der Waals surface area (Å²) in [4.78, 5) is 18.0. The molecule has 0 atom stereocenters. The van der Waals surface area contributed by atoms with E-state index >= 15 is 0 Å². The molecule has 1 rings (SSSR count). The van der Waals surface area contributed by atoms with E-state index in [2.05, 4.69) is 9.97 Å². The highest BCUT2D eigenvalue weighted by molar-refractivity contribution is 5.69. The van der Waals surface area contributed by atoms with Gasteiger partial charge in [-0.2, -0.15) is 4.98 Å². The van der Waals surface area contributed by atoms with E-state index in [0.29, 0.717) is 12.3 Å². The van der Waals surface area contributed by atoms with E-state index in [1.807, 2.05) is 6.92 Å². The van der Waals surface area contributed by atoms with Crippen molar-refractivity contribution in [2.45, 2.75) is 13.3 Å². The monoisotopic (exact) mass is 182 g/mol. The maximum absolute atomic E-state index is 10.3. The number of carboxylic acids is 1. The van der Waals surface area contributed by atoms with Crippen LogP contribution in [0, 0.1) is 0 Å². The second kappa shape index (κ2) is 4.39. The molecule has 0 unspecified atom stereocenters. The molecule has 0 aliphatic rings. The molecular weight excluding hydrogens is 172 g/mol. The average Bonchev–Trinajstić information content (AvgIpc) is 2.04.